The number of hydrogen-bond donors (Lipinski definition) is 0. The van der Waals surface area contributed by atoms with Gasteiger partial charge < -0.3 is 4.74 Å². The second kappa shape index (κ2) is 5.39. The van der Waals surface area contributed by atoms with Gasteiger partial charge in [-0.15, -0.1) is 0 Å². The van der Waals surface area contributed by atoms with Crippen LogP contribution in [0.1, 0.15) is 22.5 Å². The summed E-state index contributed by atoms with van der Waals surface area (Å²) in [4.78, 5) is 11.5. The molecule has 6 heteroatoms. The van der Waals surface area contributed by atoms with Gasteiger partial charge in [0.05, 0.1) is 11.8 Å². The zero-order chi connectivity index (χ0) is 13.0. The molecule has 0 spiro atoms. The summed E-state index contributed by atoms with van der Waals surface area (Å²) in [7, 11) is 0. The van der Waals surface area contributed by atoms with Crippen LogP contribution in [-0.2, 0) is 11.3 Å². The first kappa shape index (κ1) is 12.2. The molecule has 0 saturated heterocycles. The highest BCUT2D eigenvalue weighted by molar-refractivity contribution is 5.88. The zero-order valence-electron chi connectivity index (χ0n) is 9.29. The SMILES string of the molecule is O=C(OCc1ccccc1)c1cnn(C(F)F)c1. The van der Waals surface area contributed by atoms with E-state index in [1.807, 2.05) is 18.2 Å². The number of halogens is 2. The Kier molecular flexibility index (Phi) is 3.66. The van der Waals surface area contributed by atoms with Gasteiger partial charge >= 0.3 is 12.5 Å². The molecule has 18 heavy (non-hydrogen) atoms. The number of carbonyl (C=O) groups excluding carboxylic acids is 1. The molecule has 0 aliphatic heterocycles. The number of benzene rings is 1. The molecule has 0 atom stereocenters. The number of aromatic nitrogens is 2. The molecule has 0 amide bonds. The third-order valence-corrected chi connectivity index (χ3v) is 2.25. The van der Waals surface area contributed by atoms with Gasteiger partial charge in [-0.05, 0) is 5.56 Å². The van der Waals surface area contributed by atoms with E-state index in [2.05, 4.69) is 5.10 Å². The average Bonchev–Trinajstić information content (AvgIpc) is 2.87. The molecule has 2 rings (SSSR count). The van der Waals surface area contributed by atoms with Crippen LogP contribution >= 0.6 is 0 Å². The van der Waals surface area contributed by atoms with E-state index >= 15 is 0 Å². The molecular formula is C12H10F2N2O2. The van der Waals surface area contributed by atoms with Gasteiger partial charge in [-0.3, -0.25) is 0 Å². The predicted molar refractivity (Wildman–Crippen MR) is 59.0 cm³/mol. The van der Waals surface area contributed by atoms with Crippen LogP contribution in [0.2, 0.25) is 0 Å². The van der Waals surface area contributed by atoms with Crippen molar-refractivity contribution in [1.82, 2.24) is 9.78 Å². The largest absolute Gasteiger partial charge is 0.457 e. The van der Waals surface area contributed by atoms with Gasteiger partial charge in [0.25, 0.3) is 0 Å². The van der Waals surface area contributed by atoms with Crippen molar-refractivity contribution in [3.8, 4) is 0 Å². The van der Waals surface area contributed by atoms with Crippen molar-refractivity contribution in [2.45, 2.75) is 13.2 Å². The number of ether oxygens (including phenoxy) is 1. The molecule has 0 fully saturated rings. The van der Waals surface area contributed by atoms with E-state index in [0.29, 0.717) is 4.68 Å². The molecule has 1 aromatic heterocycles. The van der Waals surface area contributed by atoms with Crippen LogP contribution in [0.5, 0.6) is 0 Å². The van der Waals surface area contributed by atoms with E-state index < -0.39 is 12.5 Å². The van der Waals surface area contributed by atoms with Gasteiger partial charge in [0.1, 0.15) is 6.61 Å². The standard InChI is InChI=1S/C12H10F2N2O2/c13-12(14)16-7-10(6-15-16)11(17)18-8-9-4-2-1-3-5-9/h1-7,12H,8H2. The summed E-state index contributed by atoms with van der Waals surface area (Å²) < 4.78 is 29.9. The van der Waals surface area contributed by atoms with E-state index in [1.165, 1.54) is 0 Å². The third-order valence-electron chi connectivity index (χ3n) is 2.25. The Bertz CT molecular complexity index is 526. The van der Waals surface area contributed by atoms with E-state index in [-0.39, 0.29) is 12.2 Å². The molecule has 0 N–H and O–H groups in total. The molecule has 0 saturated carbocycles. The van der Waals surface area contributed by atoms with Gasteiger partial charge in [-0.25, -0.2) is 9.48 Å². The van der Waals surface area contributed by atoms with Crippen LogP contribution in [-0.4, -0.2) is 15.7 Å². The summed E-state index contributed by atoms with van der Waals surface area (Å²) in [6, 6.07) is 9.08. The minimum atomic E-state index is -2.76. The molecule has 0 radical (unpaired) electrons. The normalized spacial score (nSPS) is 10.6. The molecule has 4 nitrogen and oxygen atoms in total. The highest BCUT2D eigenvalue weighted by Gasteiger charge is 2.13. The van der Waals surface area contributed by atoms with Gasteiger partial charge in [0, 0.05) is 6.20 Å². The lowest BCUT2D eigenvalue weighted by Crippen LogP contribution is -2.04. The Labute approximate surface area is 102 Å². The Morgan fingerprint density at radius 1 is 1.33 bits per heavy atom. The summed E-state index contributed by atoms with van der Waals surface area (Å²) in [5.41, 5.74) is 0.832. The van der Waals surface area contributed by atoms with Crippen LogP contribution in [0.3, 0.4) is 0 Å². The maximum atomic E-state index is 12.2. The number of rotatable bonds is 4. The number of hydrogen-bond acceptors (Lipinski definition) is 3. The lowest BCUT2D eigenvalue weighted by Gasteiger charge is -2.02. The van der Waals surface area contributed by atoms with Crippen molar-refractivity contribution in [1.29, 1.82) is 0 Å². The third kappa shape index (κ3) is 2.91. The predicted octanol–water partition coefficient (Wildman–Crippen LogP) is 2.64. The summed E-state index contributed by atoms with van der Waals surface area (Å²) >= 11 is 0. The summed E-state index contributed by atoms with van der Waals surface area (Å²) in [5.74, 6) is -0.675. The van der Waals surface area contributed by atoms with E-state index in [9.17, 15) is 13.6 Å². The molecule has 0 aliphatic carbocycles. The molecule has 0 aliphatic rings. The first-order valence-corrected chi connectivity index (χ1v) is 5.20. The lowest BCUT2D eigenvalue weighted by molar-refractivity contribution is 0.0467. The van der Waals surface area contributed by atoms with E-state index in [0.717, 1.165) is 18.0 Å². The fourth-order valence-electron chi connectivity index (χ4n) is 1.36. The Morgan fingerprint density at radius 3 is 2.67 bits per heavy atom. The quantitative estimate of drug-likeness (QED) is 0.786. The van der Waals surface area contributed by atoms with Gasteiger partial charge in [-0.2, -0.15) is 13.9 Å². The minimum absolute atomic E-state index is 0.00577. The van der Waals surface area contributed by atoms with Crippen molar-refractivity contribution in [3.63, 3.8) is 0 Å². The van der Waals surface area contributed by atoms with Gasteiger partial charge in [0.2, 0.25) is 0 Å². The monoisotopic (exact) mass is 252 g/mol. The van der Waals surface area contributed by atoms with Gasteiger partial charge in [-0.1, -0.05) is 30.3 Å². The first-order valence-electron chi connectivity index (χ1n) is 5.20. The molecule has 1 heterocycles. The Morgan fingerprint density at radius 2 is 2.06 bits per heavy atom. The molecule has 0 unspecified atom stereocenters. The Hall–Kier alpha value is -2.24. The molecule has 2 aromatic rings. The van der Waals surface area contributed by atoms with E-state index in [1.54, 1.807) is 12.1 Å². The van der Waals surface area contributed by atoms with Gasteiger partial charge in [0.15, 0.2) is 0 Å². The van der Waals surface area contributed by atoms with Crippen LogP contribution in [0, 0.1) is 0 Å². The number of nitrogens with zero attached hydrogens (tertiary/aromatic N) is 2. The summed E-state index contributed by atoms with van der Waals surface area (Å²) in [5, 5.41) is 3.36. The fraction of sp³-hybridized carbons (Fsp3) is 0.167. The zero-order valence-corrected chi connectivity index (χ0v) is 9.29. The number of carbonyl (C=O) groups is 1. The summed E-state index contributed by atoms with van der Waals surface area (Å²) in [6.07, 6.45) is 2.01. The highest BCUT2D eigenvalue weighted by atomic mass is 19.3. The number of alkyl halides is 2. The minimum Gasteiger partial charge on any atom is -0.457 e. The highest BCUT2D eigenvalue weighted by Crippen LogP contribution is 2.11. The van der Waals surface area contributed by atoms with Crippen molar-refractivity contribution >= 4 is 5.97 Å². The van der Waals surface area contributed by atoms with Crippen LogP contribution < -0.4 is 0 Å². The smallest absolute Gasteiger partial charge is 0.341 e. The fourth-order valence-corrected chi connectivity index (χ4v) is 1.36. The summed E-state index contributed by atoms with van der Waals surface area (Å²) in [6.45, 7) is -2.67. The van der Waals surface area contributed by atoms with Crippen molar-refractivity contribution in [2.75, 3.05) is 0 Å². The maximum Gasteiger partial charge on any atom is 0.341 e. The average molecular weight is 252 g/mol. The molecule has 0 bridgehead atoms. The van der Waals surface area contributed by atoms with Crippen molar-refractivity contribution in [3.05, 3.63) is 53.9 Å². The first-order chi connectivity index (χ1) is 8.66. The van der Waals surface area contributed by atoms with E-state index in [4.69, 9.17) is 4.74 Å². The molecule has 1 aromatic carbocycles. The molecular weight excluding hydrogens is 242 g/mol. The second-order valence-electron chi connectivity index (χ2n) is 3.55. The second-order valence-corrected chi connectivity index (χ2v) is 3.55. The van der Waals surface area contributed by atoms with Crippen LogP contribution in [0.15, 0.2) is 42.7 Å². The number of esters is 1. The van der Waals surface area contributed by atoms with Crippen molar-refractivity contribution in [2.24, 2.45) is 0 Å². The Balaban J connectivity index is 1.95. The lowest BCUT2D eigenvalue weighted by atomic mass is 10.2. The maximum absolute atomic E-state index is 12.2. The molecule has 94 valence electrons. The van der Waals surface area contributed by atoms with Crippen LogP contribution in [0.25, 0.3) is 0 Å². The van der Waals surface area contributed by atoms with Crippen LogP contribution in [0.4, 0.5) is 8.78 Å². The topological polar surface area (TPSA) is 44.1 Å². The van der Waals surface area contributed by atoms with Crippen molar-refractivity contribution < 1.29 is 18.3 Å².